The lowest BCUT2D eigenvalue weighted by Crippen LogP contribution is -2.33. The highest BCUT2D eigenvalue weighted by Gasteiger charge is 2.44. The van der Waals surface area contributed by atoms with Gasteiger partial charge in [-0.3, -0.25) is 4.57 Å². The van der Waals surface area contributed by atoms with Gasteiger partial charge < -0.3 is 20.1 Å². The first-order valence-corrected chi connectivity index (χ1v) is 7.67. The van der Waals surface area contributed by atoms with Gasteiger partial charge in [0.15, 0.2) is 17.0 Å². The van der Waals surface area contributed by atoms with E-state index in [1.807, 2.05) is 13.2 Å². The number of aliphatic hydroxyl groups is 3. The van der Waals surface area contributed by atoms with Crippen LogP contribution in [0.3, 0.4) is 0 Å². The van der Waals surface area contributed by atoms with Crippen LogP contribution in [0, 0.1) is 6.92 Å². The van der Waals surface area contributed by atoms with Crippen LogP contribution in [0.25, 0.3) is 11.2 Å². The number of thioether (sulfide) groups is 1. The van der Waals surface area contributed by atoms with Crippen LogP contribution in [0.4, 0.5) is 0 Å². The fraction of sp³-hybridized carbons (Fsp3) is 0.583. The number of aryl methyl sites for hydroxylation is 1. The van der Waals surface area contributed by atoms with Gasteiger partial charge in [-0.1, -0.05) is 11.8 Å². The Morgan fingerprint density at radius 1 is 1.33 bits per heavy atom. The zero-order chi connectivity index (χ0) is 15.1. The van der Waals surface area contributed by atoms with Gasteiger partial charge in [-0.2, -0.15) is 0 Å². The summed E-state index contributed by atoms with van der Waals surface area (Å²) < 4.78 is 7.07. The standard InChI is InChI=1S/C12H16N4O4S/c1-5-7-10(15-12(14-5)21-2)16(4-13-7)11-9(19)8(18)6(3-17)20-11/h4,6,8-9,11,17-19H,3H2,1-2H3/t6-,8-,9-,11-/m1/s1. The monoisotopic (exact) mass is 312 g/mol. The van der Waals surface area contributed by atoms with E-state index in [-0.39, 0.29) is 6.61 Å². The number of rotatable bonds is 3. The molecule has 114 valence electrons. The van der Waals surface area contributed by atoms with Crippen LogP contribution in [0.1, 0.15) is 11.9 Å². The van der Waals surface area contributed by atoms with Crippen LogP contribution in [0.15, 0.2) is 11.5 Å². The van der Waals surface area contributed by atoms with Gasteiger partial charge in [-0.05, 0) is 13.2 Å². The van der Waals surface area contributed by atoms with Crippen molar-refractivity contribution in [3.05, 3.63) is 12.0 Å². The third-order valence-electron chi connectivity index (χ3n) is 3.55. The molecule has 0 aliphatic carbocycles. The van der Waals surface area contributed by atoms with E-state index in [9.17, 15) is 10.2 Å². The maximum atomic E-state index is 10.1. The van der Waals surface area contributed by atoms with E-state index in [0.717, 1.165) is 5.69 Å². The third-order valence-corrected chi connectivity index (χ3v) is 4.10. The van der Waals surface area contributed by atoms with Gasteiger partial charge >= 0.3 is 0 Å². The fourth-order valence-electron chi connectivity index (χ4n) is 2.42. The van der Waals surface area contributed by atoms with Gasteiger partial charge in [0.2, 0.25) is 0 Å². The summed E-state index contributed by atoms with van der Waals surface area (Å²) >= 11 is 1.40. The Kier molecular flexibility index (Phi) is 3.84. The molecule has 0 saturated carbocycles. The van der Waals surface area contributed by atoms with Crippen molar-refractivity contribution in [2.75, 3.05) is 12.9 Å². The molecule has 0 amide bonds. The van der Waals surface area contributed by atoms with Crippen molar-refractivity contribution < 1.29 is 20.1 Å². The number of ether oxygens (including phenoxy) is 1. The van der Waals surface area contributed by atoms with E-state index in [0.29, 0.717) is 16.3 Å². The number of aromatic nitrogens is 4. The second kappa shape index (κ2) is 5.50. The highest BCUT2D eigenvalue weighted by atomic mass is 32.2. The molecule has 0 spiro atoms. The Morgan fingerprint density at radius 3 is 2.71 bits per heavy atom. The summed E-state index contributed by atoms with van der Waals surface area (Å²) in [5.41, 5.74) is 1.88. The summed E-state index contributed by atoms with van der Waals surface area (Å²) in [5.74, 6) is 0. The Labute approximate surface area is 124 Å². The fourth-order valence-corrected chi connectivity index (χ4v) is 2.83. The summed E-state index contributed by atoms with van der Waals surface area (Å²) in [4.78, 5) is 12.9. The lowest BCUT2D eigenvalue weighted by atomic mass is 10.1. The first kappa shape index (κ1) is 14.7. The molecule has 0 unspecified atom stereocenters. The average Bonchev–Trinajstić information content (AvgIpc) is 3.02. The topological polar surface area (TPSA) is 114 Å². The van der Waals surface area contributed by atoms with Crippen LogP contribution in [0.2, 0.25) is 0 Å². The summed E-state index contributed by atoms with van der Waals surface area (Å²) in [6.45, 7) is 1.46. The van der Waals surface area contributed by atoms with Crippen molar-refractivity contribution in [1.29, 1.82) is 0 Å². The smallest absolute Gasteiger partial charge is 0.189 e. The molecule has 4 atom stereocenters. The van der Waals surface area contributed by atoms with Gasteiger partial charge in [0.1, 0.15) is 23.8 Å². The molecule has 1 aliphatic heterocycles. The predicted molar refractivity (Wildman–Crippen MR) is 74.9 cm³/mol. The minimum absolute atomic E-state index is 0.370. The molecule has 2 aromatic rings. The SMILES string of the molecule is CSc1nc(C)c2ncn([C@@H]3O[C@H](CO)[C@@H](O)[C@H]3O)c2n1. The van der Waals surface area contributed by atoms with Crippen LogP contribution in [-0.4, -0.2) is 66.0 Å². The summed E-state index contributed by atoms with van der Waals surface area (Å²) in [6, 6.07) is 0. The van der Waals surface area contributed by atoms with Crippen LogP contribution < -0.4 is 0 Å². The number of nitrogens with zero attached hydrogens (tertiary/aromatic N) is 4. The third kappa shape index (κ3) is 2.30. The second-order valence-corrected chi connectivity index (χ2v) is 5.62. The van der Waals surface area contributed by atoms with Crippen LogP contribution in [-0.2, 0) is 4.74 Å². The maximum absolute atomic E-state index is 10.1. The van der Waals surface area contributed by atoms with Crippen molar-refractivity contribution in [2.24, 2.45) is 0 Å². The highest BCUT2D eigenvalue weighted by molar-refractivity contribution is 7.98. The summed E-state index contributed by atoms with van der Waals surface area (Å²) in [5, 5.41) is 29.7. The van der Waals surface area contributed by atoms with E-state index in [2.05, 4.69) is 15.0 Å². The molecule has 0 radical (unpaired) electrons. The van der Waals surface area contributed by atoms with Gasteiger partial charge in [0, 0.05) is 0 Å². The number of aliphatic hydroxyl groups excluding tert-OH is 3. The number of imidazole rings is 1. The molecular weight excluding hydrogens is 296 g/mol. The van der Waals surface area contributed by atoms with Gasteiger partial charge in [0.25, 0.3) is 0 Å². The number of hydrogen-bond acceptors (Lipinski definition) is 8. The van der Waals surface area contributed by atoms with Gasteiger partial charge in [-0.25, -0.2) is 15.0 Å². The van der Waals surface area contributed by atoms with E-state index in [4.69, 9.17) is 9.84 Å². The van der Waals surface area contributed by atoms with Crippen molar-refractivity contribution in [2.45, 2.75) is 36.6 Å². The molecule has 0 bridgehead atoms. The van der Waals surface area contributed by atoms with E-state index in [1.165, 1.54) is 18.1 Å². The number of hydrogen-bond donors (Lipinski definition) is 3. The average molecular weight is 312 g/mol. The van der Waals surface area contributed by atoms with Crippen molar-refractivity contribution >= 4 is 22.9 Å². The van der Waals surface area contributed by atoms with Crippen molar-refractivity contribution in [1.82, 2.24) is 19.5 Å². The first-order valence-electron chi connectivity index (χ1n) is 6.44. The lowest BCUT2D eigenvalue weighted by Gasteiger charge is -2.16. The summed E-state index contributed by atoms with van der Waals surface area (Å²) in [6.07, 6.45) is -0.616. The zero-order valence-corrected chi connectivity index (χ0v) is 12.4. The minimum atomic E-state index is -1.16. The molecule has 8 nitrogen and oxygen atoms in total. The van der Waals surface area contributed by atoms with E-state index in [1.54, 1.807) is 4.57 Å². The number of fused-ring (bicyclic) bond motifs is 1. The predicted octanol–water partition coefficient (Wildman–Crippen LogP) is -0.532. The van der Waals surface area contributed by atoms with Gasteiger partial charge in [-0.15, -0.1) is 0 Å². The molecular formula is C12H16N4O4S. The molecule has 3 N–H and O–H groups in total. The molecule has 21 heavy (non-hydrogen) atoms. The summed E-state index contributed by atoms with van der Waals surface area (Å²) in [7, 11) is 0. The van der Waals surface area contributed by atoms with Crippen LogP contribution in [0.5, 0.6) is 0 Å². The molecule has 1 fully saturated rings. The molecule has 0 aromatic carbocycles. The molecule has 1 aliphatic rings. The molecule has 1 saturated heterocycles. The quantitative estimate of drug-likeness (QED) is 0.512. The Balaban J connectivity index is 2.07. The normalized spacial score (nSPS) is 29.4. The van der Waals surface area contributed by atoms with Crippen LogP contribution >= 0.6 is 11.8 Å². The molecule has 3 rings (SSSR count). The lowest BCUT2D eigenvalue weighted by molar-refractivity contribution is -0.0511. The van der Waals surface area contributed by atoms with Crippen molar-refractivity contribution in [3.8, 4) is 0 Å². The van der Waals surface area contributed by atoms with E-state index < -0.39 is 24.5 Å². The highest BCUT2D eigenvalue weighted by Crippen LogP contribution is 2.31. The van der Waals surface area contributed by atoms with Gasteiger partial charge in [0.05, 0.1) is 18.6 Å². The van der Waals surface area contributed by atoms with E-state index >= 15 is 0 Å². The minimum Gasteiger partial charge on any atom is -0.394 e. The Bertz CT molecular complexity index is 664. The Morgan fingerprint density at radius 2 is 2.10 bits per heavy atom. The maximum Gasteiger partial charge on any atom is 0.189 e. The Hall–Kier alpha value is -1.26. The van der Waals surface area contributed by atoms with Crippen molar-refractivity contribution in [3.63, 3.8) is 0 Å². The first-order chi connectivity index (χ1) is 10.1. The molecule has 2 aromatic heterocycles. The molecule has 9 heteroatoms. The largest absolute Gasteiger partial charge is 0.394 e. The zero-order valence-electron chi connectivity index (χ0n) is 11.5. The second-order valence-electron chi connectivity index (χ2n) is 4.85. The molecule has 3 heterocycles.